The van der Waals surface area contributed by atoms with Crippen LogP contribution >= 0.6 is 0 Å². The summed E-state index contributed by atoms with van der Waals surface area (Å²) in [6, 6.07) is 0.731. The highest BCUT2D eigenvalue weighted by molar-refractivity contribution is 4.91. The number of nitrogens with one attached hydrogen (secondary N) is 1. The lowest BCUT2D eigenvalue weighted by Crippen LogP contribution is -2.55. The van der Waals surface area contributed by atoms with Crippen LogP contribution in [0.25, 0.3) is 0 Å². The normalized spacial score (nSPS) is 35.9. The highest BCUT2D eigenvalue weighted by Crippen LogP contribution is 2.33. The van der Waals surface area contributed by atoms with Gasteiger partial charge in [-0.15, -0.1) is 0 Å². The summed E-state index contributed by atoms with van der Waals surface area (Å²) in [5.74, 6) is 0.846. The molecule has 0 aromatic rings. The maximum atomic E-state index is 5.89. The lowest BCUT2D eigenvalue weighted by molar-refractivity contribution is -0.0422. The molecule has 0 amide bonds. The Labute approximate surface area is 131 Å². The van der Waals surface area contributed by atoms with Crippen molar-refractivity contribution < 1.29 is 4.74 Å². The van der Waals surface area contributed by atoms with Gasteiger partial charge in [-0.1, -0.05) is 6.92 Å². The van der Waals surface area contributed by atoms with E-state index in [0.29, 0.717) is 5.41 Å². The second kappa shape index (κ2) is 6.97. The topological polar surface area (TPSA) is 24.5 Å². The van der Waals surface area contributed by atoms with E-state index in [9.17, 15) is 0 Å². The third kappa shape index (κ3) is 5.22. The van der Waals surface area contributed by atoms with Crippen LogP contribution in [0.3, 0.4) is 0 Å². The number of rotatable bonds is 4. The second-order valence-electron chi connectivity index (χ2n) is 8.72. The molecular weight excluding hydrogens is 260 g/mol. The molecule has 0 aliphatic carbocycles. The number of hydrogen-bond acceptors (Lipinski definition) is 3. The van der Waals surface area contributed by atoms with Crippen molar-refractivity contribution in [3.05, 3.63) is 0 Å². The monoisotopic (exact) mass is 296 g/mol. The molecule has 21 heavy (non-hydrogen) atoms. The summed E-state index contributed by atoms with van der Waals surface area (Å²) < 4.78 is 5.89. The molecule has 0 bridgehead atoms. The summed E-state index contributed by atoms with van der Waals surface area (Å²) >= 11 is 0. The molecule has 0 spiro atoms. The Balaban J connectivity index is 2.01. The van der Waals surface area contributed by atoms with E-state index in [-0.39, 0.29) is 5.54 Å². The van der Waals surface area contributed by atoms with Crippen LogP contribution in [0.1, 0.15) is 60.3 Å². The van der Waals surface area contributed by atoms with Gasteiger partial charge in [0.25, 0.3) is 0 Å². The number of nitrogens with zero attached hydrogens (tertiary/aromatic N) is 1. The van der Waals surface area contributed by atoms with Gasteiger partial charge in [0.1, 0.15) is 0 Å². The molecule has 3 heteroatoms. The first-order valence-electron chi connectivity index (χ1n) is 8.87. The molecule has 2 rings (SSSR count). The molecule has 0 saturated carbocycles. The molecule has 0 radical (unpaired) electrons. The Bertz CT molecular complexity index is 318. The van der Waals surface area contributed by atoms with Crippen LogP contribution in [-0.2, 0) is 4.74 Å². The molecule has 2 fully saturated rings. The summed E-state index contributed by atoms with van der Waals surface area (Å²) in [6.45, 7) is 17.0. The Kier molecular flexibility index (Phi) is 5.72. The van der Waals surface area contributed by atoms with Crippen molar-refractivity contribution in [2.45, 2.75) is 71.9 Å². The molecule has 0 aromatic heterocycles. The van der Waals surface area contributed by atoms with E-state index in [2.05, 4.69) is 44.8 Å². The maximum Gasteiger partial charge on any atom is 0.0546 e. The number of likely N-dealkylation sites (tertiary alicyclic amines) is 1. The molecule has 3 nitrogen and oxygen atoms in total. The zero-order valence-electron chi connectivity index (χ0n) is 14.9. The van der Waals surface area contributed by atoms with Crippen molar-refractivity contribution in [2.24, 2.45) is 11.3 Å². The van der Waals surface area contributed by atoms with E-state index < -0.39 is 0 Å². The number of piperidine rings is 1. The Morgan fingerprint density at radius 2 is 2.00 bits per heavy atom. The smallest absolute Gasteiger partial charge is 0.0546 e. The molecule has 2 aliphatic rings. The average Bonchev–Trinajstić information content (AvgIpc) is 2.41. The quantitative estimate of drug-likeness (QED) is 0.861. The summed E-state index contributed by atoms with van der Waals surface area (Å²) in [4.78, 5) is 2.73. The first kappa shape index (κ1) is 17.2. The standard InChI is InChI=1S/C18H36N2O/c1-15-7-8-16(2)20(11-15)13-18(9-6-10-21-14-18)12-19-17(3,4)5/h15-16,19H,6-14H2,1-5H3. The highest BCUT2D eigenvalue weighted by atomic mass is 16.5. The van der Waals surface area contributed by atoms with E-state index >= 15 is 0 Å². The average molecular weight is 296 g/mol. The van der Waals surface area contributed by atoms with E-state index in [1.807, 2.05) is 0 Å². The van der Waals surface area contributed by atoms with Gasteiger partial charge in [0.05, 0.1) is 6.61 Å². The third-order valence-electron chi connectivity index (χ3n) is 5.18. The summed E-state index contributed by atoms with van der Waals surface area (Å²) in [5.41, 5.74) is 0.488. The molecule has 0 aromatic carbocycles. The van der Waals surface area contributed by atoms with Gasteiger partial charge in [-0.2, -0.15) is 0 Å². The van der Waals surface area contributed by atoms with E-state index in [0.717, 1.165) is 31.7 Å². The zero-order chi connectivity index (χ0) is 15.5. The maximum absolute atomic E-state index is 5.89. The predicted octanol–water partition coefficient (Wildman–Crippen LogP) is 3.29. The first-order valence-corrected chi connectivity index (χ1v) is 8.87. The molecule has 3 unspecified atom stereocenters. The van der Waals surface area contributed by atoms with Gasteiger partial charge in [0.15, 0.2) is 0 Å². The van der Waals surface area contributed by atoms with Crippen molar-refractivity contribution in [2.75, 3.05) is 32.8 Å². The molecule has 1 N–H and O–H groups in total. The van der Waals surface area contributed by atoms with Crippen LogP contribution in [0.5, 0.6) is 0 Å². The van der Waals surface area contributed by atoms with Gasteiger partial charge in [0, 0.05) is 43.2 Å². The number of hydrogen-bond donors (Lipinski definition) is 1. The van der Waals surface area contributed by atoms with Crippen LogP contribution in [0.2, 0.25) is 0 Å². The fraction of sp³-hybridized carbons (Fsp3) is 1.00. The Morgan fingerprint density at radius 1 is 1.24 bits per heavy atom. The Hall–Kier alpha value is -0.120. The van der Waals surface area contributed by atoms with Crippen molar-refractivity contribution in [1.82, 2.24) is 10.2 Å². The Morgan fingerprint density at radius 3 is 2.62 bits per heavy atom. The molecule has 3 atom stereocenters. The van der Waals surface area contributed by atoms with Crippen molar-refractivity contribution in [3.8, 4) is 0 Å². The van der Waals surface area contributed by atoms with Gasteiger partial charge in [-0.05, 0) is 59.3 Å². The third-order valence-corrected chi connectivity index (χ3v) is 5.18. The van der Waals surface area contributed by atoms with Gasteiger partial charge < -0.3 is 10.1 Å². The summed E-state index contributed by atoms with van der Waals surface area (Å²) in [5, 5.41) is 3.74. The zero-order valence-corrected chi connectivity index (χ0v) is 14.9. The largest absolute Gasteiger partial charge is 0.381 e. The minimum atomic E-state index is 0.186. The molecular formula is C18H36N2O. The first-order chi connectivity index (χ1) is 9.80. The van der Waals surface area contributed by atoms with Crippen LogP contribution in [-0.4, -0.2) is 49.3 Å². The van der Waals surface area contributed by atoms with E-state index in [1.165, 1.54) is 38.8 Å². The van der Waals surface area contributed by atoms with Crippen LogP contribution in [0.15, 0.2) is 0 Å². The minimum Gasteiger partial charge on any atom is -0.381 e. The molecule has 2 saturated heterocycles. The van der Waals surface area contributed by atoms with E-state index in [1.54, 1.807) is 0 Å². The SMILES string of the molecule is CC1CCC(C)N(CC2(CNC(C)(C)C)CCCOC2)C1. The second-order valence-corrected chi connectivity index (χ2v) is 8.72. The summed E-state index contributed by atoms with van der Waals surface area (Å²) in [7, 11) is 0. The van der Waals surface area contributed by atoms with Crippen molar-refractivity contribution in [1.29, 1.82) is 0 Å². The van der Waals surface area contributed by atoms with Gasteiger partial charge in [0.2, 0.25) is 0 Å². The fourth-order valence-electron chi connectivity index (χ4n) is 3.71. The van der Waals surface area contributed by atoms with Crippen molar-refractivity contribution in [3.63, 3.8) is 0 Å². The predicted molar refractivity (Wildman–Crippen MR) is 89.7 cm³/mol. The van der Waals surface area contributed by atoms with Gasteiger partial charge >= 0.3 is 0 Å². The summed E-state index contributed by atoms with van der Waals surface area (Å²) in [6.07, 6.45) is 5.25. The lowest BCUT2D eigenvalue weighted by atomic mass is 9.79. The molecule has 2 heterocycles. The van der Waals surface area contributed by atoms with Crippen LogP contribution in [0.4, 0.5) is 0 Å². The van der Waals surface area contributed by atoms with Gasteiger partial charge in [-0.25, -0.2) is 0 Å². The van der Waals surface area contributed by atoms with Crippen molar-refractivity contribution >= 4 is 0 Å². The fourth-order valence-corrected chi connectivity index (χ4v) is 3.71. The highest BCUT2D eigenvalue weighted by Gasteiger charge is 2.37. The van der Waals surface area contributed by atoms with E-state index in [4.69, 9.17) is 4.74 Å². The van der Waals surface area contributed by atoms with Crippen LogP contribution < -0.4 is 5.32 Å². The van der Waals surface area contributed by atoms with Crippen LogP contribution in [0, 0.1) is 11.3 Å². The minimum absolute atomic E-state index is 0.186. The van der Waals surface area contributed by atoms with Gasteiger partial charge in [-0.3, -0.25) is 4.90 Å². The molecule has 124 valence electrons. The molecule has 2 aliphatic heterocycles. The number of ether oxygens (including phenoxy) is 1. The lowest BCUT2D eigenvalue weighted by Gasteiger charge is -2.46.